The molecule has 0 amide bonds. The Bertz CT molecular complexity index is 251. The average molecular weight is 365 g/mol. The lowest BCUT2D eigenvalue weighted by atomic mass is 10.1. The zero-order valence-electron chi connectivity index (χ0n) is 15.1. The molecule has 154 valence electrons. The van der Waals surface area contributed by atoms with Crippen LogP contribution in [0.1, 0.15) is 80.1 Å². The van der Waals surface area contributed by atoms with Gasteiger partial charge in [-0.3, -0.25) is 9.59 Å². The van der Waals surface area contributed by atoms with Crippen molar-refractivity contribution in [2.24, 2.45) is 0 Å². The first-order valence-electron chi connectivity index (χ1n) is 8.76. The topological polar surface area (TPSA) is 89.9 Å². The van der Waals surface area contributed by atoms with Crippen molar-refractivity contribution in [2.75, 3.05) is 33.2 Å². The Hall–Kier alpha value is -1.14. The third-order valence-electron chi connectivity index (χ3n) is 3.39. The lowest BCUT2D eigenvalue weighted by Crippen LogP contribution is -2.24. The fourth-order valence-corrected chi connectivity index (χ4v) is 1.85. The van der Waals surface area contributed by atoms with Gasteiger partial charge in [0.15, 0.2) is 0 Å². The average Bonchev–Trinajstić information content (AvgIpc) is 2.58. The van der Waals surface area contributed by atoms with Gasteiger partial charge in [-0.05, 0) is 58.9 Å². The van der Waals surface area contributed by atoms with E-state index in [-0.39, 0.29) is 27.7 Å². The van der Waals surface area contributed by atoms with Crippen molar-refractivity contribution in [3.63, 3.8) is 0 Å². The van der Waals surface area contributed by atoms with Gasteiger partial charge in [-0.15, -0.1) is 0 Å². The van der Waals surface area contributed by atoms with Crippen LogP contribution in [0.2, 0.25) is 0 Å². The van der Waals surface area contributed by atoms with E-state index in [0.717, 1.165) is 0 Å². The number of hydrogen-bond donors (Lipinski definition) is 3. The molecule has 2 aliphatic rings. The van der Waals surface area contributed by atoms with E-state index in [1.54, 1.807) is 13.8 Å². The van der Waals surface area contributed by atoms with Crippen molar-refractivity contribution < 1.29 is 19.8 Å². The van der Waals surface area contributed by atoms with Crippen LogP contribution in [-0.4, -0.2) is 60.3 Å². The van der Waals surface area contributed by atoms with Crippen molar-refractivity contribution in [2.45, 2.75) is 80.1 Å². The van der Waals surface area contributed by atoms with E-state index in [1.165, 1.54) is 64.7 Å². The molecule has 25 heavy (non-hydrogen) atoms. The molecule has 2 aliphatic heterocycles. The second kappa shape index (κ2) is 25.1. The predicted octanol–water partition coefficient (Wildman–Crippen LogP) is 4.10. The number of nitrogens with one attached hydrogen (secondary N) is 1. The number of likely N-dealkylation sites (tertiary alicyclic amines) is 1. The fourth-order valence-electron chi connectivity index (χ4n) is 1.85. The third-order valence-corrected chi connectivity index (χ3v) is 3.39. The lowest BCUT2D eigenvalue weighted by molar-refractivity contribution is -0.137. The molecule has 0 radical (unpaired) electrons. The Morgan fingerprint density at radius 1 is 0.800 bits per heavy atom. The summed E-state index contributed by atoms with van der Waals surface area (Å²) >= 11 is 0. The smallest absolute Gasteiger partial charge is 0.303 e. The van der Waals surface area contributed by atoms with Gasteiger partial charge in [0.25, 0.3) is 0 Å². The van der Waals surface area contributed by atoms with Gasteiger partial charge >= 0.3 is 11.9 Å². The van der Waals surface area contributed by atoms with Crippen LogP contribution >= 0.6 is 0 Å². The normalized spacial score (nSPS) is 15.8. The van der Waals surface area contributed by atoms with E-state index < -0.39 is 11.9 Å². The first-order chi connectivity index (χ1) is 10.9. The van der Waals surface area contributed by atoms with Crippen LogP contribution in [0.25, 0.3) is 0 Å². The number of rotatable bonds is 2. The van der Waals surface area contributed by atoms with Crippen LogP contribution < -0.4 is 5.32 Å². The Morgan fingerprint density at radius 2 is 1.12 bits per heavy atom. The Kier molecular flexibility index (Phi) is 31.7. The van der Waals surface area contributed by atoms with Crippen LogP contribution in [-0.2, 0) is 9.59 Å². The highest BCUT2D eigenvalue weighted by atomic mass is 16.4. The van der Waals surface area contributed by atoms with Gasteiger partial charge in [-0.1, -0.05) is 41.5 Å². The van der Waals surface area contributed by atoms with Gasteiger partial charge in [0.05, 0.1) is 0 Å². The summed E-state index contributed by atoms with van der Waals surface area (Å²) in [6.45, 7) is 8.34. The number of piperidine rings is 2. The number of aliphatic carboxylic acids is 2. The minimum Gasteiger partial charge on any atom is -0.481 e. The summed E-state index contributed by atoms with van der Waals surface area (Å²) in [6.07, 6.45) is 8.93. The van der Waals surface area contributed by atoms with Crippen molar-refractivity contribution >= 4 is 11.9 Å². The molecule has 6 nitrogen and oxygen atoms in total. The van der Waals surface area contributed by atoms with E-state index >= 15 is 0 Å². The van der Waals surface area contributed by atoms with E-state index in [4.69, 9.17) is 10.2 Å². The maximum atomic E-state index is 9.37. The summed E-state index contributed by atoms with van der Waals surface area (Å²) in [5.41, 5.74) is 0. The molecule has 2 rings (SSSR count). The highest BCUT2D eigenvalue weighted by molar-refractivity contribution is 5.66. The molecule has 0 aromatic rings. The fraction of sp³-hybridized carbons (Fsp3) is 0.895. The molecule has 2 fully saturated rings. The van der Waals surface area contributed by atoms with Gasteiger partial charge in [0, 0.05) is 12.8 Å². The van der Waals surface area contributed by atoms with Crippen molar-refractivity contribution in [3.8, 4) is 0 Å². The number of carboxylic acid groups (broad SMARTS) is 2. The van der Waals surface area contributed by atoms with Crippen molar-refractivity contribution in [3.05, 3.63) is 0 Å². The van der Waals surface area contributed by atoms with Crippen LogP contribution in [0, 0.1) is 0 Å². The number of carbonyl (C=O) groups is 2. The SMILES string of the molecule is C.C.C1CCNCC1.CCC(=O)O.CCC(=O)O.CN1CCCCC1. The number of hydrogen-bond acceptors (Lipinski definition) is 4. The standard InChI is InChI=1S/C6H13N.C5H11N.2C3H6O2.2CH4/c1-7-5-3-2-4-6-7;1-2-4-6-5-3-1;2*1-2-3(4)5;;/h2-6H2,1H3;6H,1-5H2;2*2H2,1H3,(H,4,5);2*1H4. The Morgan fingerprint density at radius 3 is 1.24 bits per heavy atom. The van der Waals surface area contributed by atoms with E-state index in [9.17, 15) is 9.59 Å². The summed E-state index contributed by atoms with van der Waals surface area (Å²) in [6, 6.07) is 0. The van der Waals surface area contributed by atoms with Gasteiger partial charge in [0.2, 0.25) is 0 Å². The van der Waals surface area contributed by atoms with E-state index in [2.05, 4.69) is 17.3 Å². The molecule has 2 heterocycles. The monoisotopic (exact) mass is 364 g/mol. The van der Waals surface area contributed by atoms with E-state index in [1.807, 2.05) is 0 Å². The molecule has 0 aromatic heterocycles. The second-order valence-electron chi connectivity index (χ2n) is 5.67. The third kappa shape index (κ3) is 35.0. The van der Waals surface area contributed by atoms with Crippen molar-refractivity contribution in [1.29, 1.82) is 0 Å². The molecule has 6 heteroatoms. The summed E-state index contributed by atoms with van der Waals surface area (Å²) in [4.78, 5) is 21.1. The maximum absolute atomic E-state index is 9.37. The molecule has 0 bridgehead atoms. The molecule has 0 unspecified atom stereocenters. The lowest BCUT2D eigenvalue weighted by Gasteiger charge is -2.20. The molecule has 2 saturated heterocycles. The highest BCUT2D eigenvalue weighted by Crippen LogP contribution is 2.04. The highest BCUT2D eigenvalue weighted by Gasteiger charge is 2.02. The molecule has 0 aliphatic carbocycles. The largest absolute Gasteiger partial charge is 0.481 e. The summed E-state index contributed by atoms with van der Waals surface area (Å²) in [5, 5.41) is 18.7. The minimum atomic E-state index is -0.745. The quantitative estimate of drug-likeness (QED) is 0.683. The van der Waals surface area contributed by atoms with Gasteiger partial charge in [-0.25, -0.2) is 0 Å². The first-order valence-corrected chi connectivity index (χ1v) is 8.76. The maximum Gasteiger partial charge on any atom is 0.303 e. The Labute approximate surface area is 156 Å². The molecular formula is C19H44N2O4. The summed E-state index contributed by atoms with van der Waals surface area (Å²) in [7, 11) is 2.19. The first kappa shape index (κ1) is 31.6. The van der Waals surface area contributed by atoms with Gasteiger partial charge in [-0.2, -0.15) is 0 Å². The molecule has 0 aromatic carbocycles. The molecule has 3 N–H and O–H groups in total. The van der Waals surface area contributed by atoms with Crippen LogP contribution in [0.4, 0.5) is 0 Å². The van der Waals surface area contributed by atoms with Crippen LogP contribution in [0.5, 0.6) is 0 Å². The molecule has 0 atom stereocenters. The van der Waals surface area contributed by atoms with Gasteiger partial charge < -0.3 is 20.4 Å². The minimum absolute atomic E-state index is 0. The second-order valence-corrected chi connectivity index (χ2v) is 5.67. The van der Waals surface area contributed by atoms with Crippen molar-refractivity contribution in [1.82, 2.24) is 10.2 Å². The van der Waals surface area contributed by atoms with E-state index in [0.29, 0.717) is 0 Å². The van der Waals surface area contributed by atoms with Crippen LogP contribution in [0.15, 0.2) is 0 Å². The zero-order chi connectivity index (χ0) is 17.9. The summed E-state index contributed by atoms with van der Waals surface area (Å²) in [5.74, 6) is -1.49. The number of carboxylic acids is 2. The number of nitrogens with zero attached hydrogens (tertiary/aromatic N) is 1. The molecular weight excluding hydrogens is 320 g/mol. The molecule has 0 saturated carbocycles. The van der Waals surface area contributed by atoms with Gasteiger partial charge in [0.1, 0.15) is 0 Å². The predicted molar refractivity (Wildman–Crippen MR) is 107 cm³/mol. The zero-order valence-corrected chi connectivity index (χ0v) is 15.1. The molecule has 0 spiro atoms. The Balaban J connectivity index is -0.000000116. The summed E-state index contributed by atoms with van der Waals surface area (Å²) < 4.78 is 0. The van der Waals surface area contributed by atoms with Crippen LogP contribution in [0.3, 0.4) is 0 Å².